The molecule has 0 saturated heterocycles. The van der Waals surface area contributed by atoms with Gasteiger partial charge in [-0.05, 0) is 36.6 Å². The standard InChI is InChI=1S/C24H24Cl2N2O2/c1-2-3-13-28-16-18(20-10-9-19(25)15-22(20)26)14-21(24(28)30)23(29)27-12-11-17-7-5-4-6-8-17/h4-10,14-16H,2-3,11-13H2,1H3,(H,27,29). The molecule has 0 aliphatic rings. The number of rotatable bonds is 8. The van der Waals surface area contributed by atoms with Gasteiger partial charge >= 0.3 is 0 Å². The van der Waals surface area contributed by atoms with Gasteiger partial charge in [0, 0.05) is 40.5 Å². The van der Waals surface area contributed by atoms with Gasteiger partial charge in [-0.3, -0.25) is 9.59 Å². The number of halogens is 2. The van der Waals surface area contributed by atoms with Gasteiger partial charge in [0.1, 0.15) is 5.56 Å². The van der Waals surface area contributed by atoms with Crippen LogP contribution in [-0.4, -0.2) is 17.0 Å². The highest BCUT2D eigenvalue weighted by molar-refractivity contribution is 6.36. The van der Waals surface area contributed by atoms with Crippen LogP contribution in [0.5, 0.6) is 0 Å². The van der Waals surface area contributed by atoms with E-state index < -0.39 is 0 Å². The summed E-state index contributed by atoms with van der Waals surface area (Å²) >= 11 is 12.4. The number of carbonyl (C=O) groups is 1. The Morgan fingerprint density at radius 1 is 1.07 bits per heavy atom. The lowest BCUT2D eigenvalue weighted by Gasteiger charge is -2.13. The molecule has 0 aliphatic carbocycles. The van der Waals surface area contributed by atoms with E-state index in [1.54, 1.807) is 35.0 Å². The lowest BCUT2D eigenvalue weighted by Crippen LogP contribution is -2.34. The van der Waals surface area contributed by atoms with Gasteiger partial charge in [0.05, 0.1) is 0 Å². The second-order valence-electron chi connectivity index (χ2n) is 7.11. The Kier molecular flexibility index (Phi) is 7.72. The molecule has 2 aromatic carbocycles. The number of benzene rings is 2. The maximum atomic E-state index is 12.9. The van der Waals surface area contributed by atoms with E-state index in [1.165, 1.54) is 0 Å². The molecule has 0 radical (unpaired) electrons. The molecule has 3 rings (SSSR count). The molecule has 0 spiro atoms. The van der Waals surface area contributed by atoms with E-state index in [0.29, 0.717) is 35.1 Å². The Morgan fingerprint density at radius 2 is 1.83 bits per heavy atom. The molecule has 30 heavy (non-hydrogen) atoms. The largest absolute Gasteiger partial charge is 0.352 e. The molecular formula is C24H24Cl2N2O2. The number of hydrogen-bond acceptors (Lipinski definition) is 2. The first-order chi connectivity index (χ1) is 14.5. The van der Waals surface area contributed by atoms with Crippen molar-refractivity contribution in [3.63, 3.8) is 0 Å². The van der Waals surface area contributed by atoms with E-state index in [1.807, 2.05) is 30.3 Å². The monoisotopic (exact) mass is 442 g/mol. The number of unbranched alkanes of at least 4 members (excludes halogenated alkanes) is 1. The Morgan fingerprint density at radius 3 is 2.53 bits per heavy atom. The van der Waals surface area contributed by atoms with Gasteiger partial charge in [0.15, 0.2) is 0 Å². The van der Waals surface area contributed by atoms with Crippen LogP contribution in [0.2, 0.25) is 10.0 Å². The first kappa shape index (κ1) is 22.1. The Bertz CT molecular complexity index is 1080. The molecule has 4 nitrogen and oxygen atoms in total. The van der Waals surface area contributed by atoms with Crippen molar-refractivity contribution in [2.24, 2.45) is 0 Å². The summed E-state index contributed by atoms with van der Waals surface area (Å²) in [6.45, 7) is 3.05. The minimum atomic E-state index is -0.381. The first-order valence-corrected chi connectivity index (χ1v) is 10.8. The normalized spacial score (nSPS) is 10.8. The predicted molar refractivity (Wildman–Crippen MR) is 124 cm³/mol. The number of carbonyl (C=O) groups excluding carboxylic acids is 1. The number of nitrogens with one attached hydrogen (secondary N) is 1. The minimum Gasteiger partial charge on any atom is -0.352 e. The van der Waals surface area contributed by atoms with Crippen LogP contribution in [0.15, 0.2) is 65.6 Å². The number of amides is 1. The van der Waals surface area contributed by atoms with Crippen LogP contribution in [0.25, 0.3) is 11.1 Å². The van der Waals surface area contributed by atoms with Crippen molar-refractivity contribution in [1.29, 1.82) is 0 Å². The van der Waals surface area contributed by atoms with E-state index in [-0.39, 0.29) is 17.0 Å². The molecule has 1 aromatic heterocycles. The number of aryl methyl sites for hydroxylation is 1. The van der Waals surface area contributed by atoms with Gasteiger partial charge in [0.2, 0.25) is 0 Å². The molecule has 6 heteroatoms. The Hall–Kier alpha value is -2.56. The summed E-state index contributed by atoms with van der Waals surface area (Å²) in [5, 5.41) is 3.87. The fraction of sp³-hybridized carbons (Fsp3) is 0.250. The highest BCUT2D eigenvalue weighted by Crippen LogP contribution is 2.30. The molecule has 1 N–H and O–H groups in total. The average Bonchev–Trinajstić information content (AvgIpc) is 2.74. The van der Waals surface area contributed by atoms with Gasteiger partial charge < -0.3 is 9.88 Å². The number of pyridine rings is 1. The van der Waals surface area contributed by atoms with Crippen LogP contribution in [0.3, 0.4) is 0 Å². The predicted octanol–water partition coefficient (Wildman–Crippen LogP) is 5.59. The molecular weight excluding hydrogens is 419 g/mol. The maximum absolute atomic E-state index is 12.9. The third-order valence-electron chi connectivity index (χ3n) is 4.87. The molecule has 0 aliphatic heterocycles. The Balaban J connectivity index is 1.89. The molecule has 3 aromatic rings. The van der Waals surface area contributed by atoms with E-state index in [0.717, 1.165) is 24.0 Å². The van der Waals surface area contributed by atoms with Crippen LogP contribution >= 0.6 is 23.2 Å². The van der Waals surface area contributed by atoms with Gasteiger partial charge in [0.25, 0.3) is 11.5 Å². The van der Waals surface area contributed by atoms with Crippen molar-refractivity contribution in [3.05, 3.63) is 92.3 Å². The molecule has 0 fully saturated rings. The molecule has 0 atom stereocenters. The number of nitrogens with zero attached hydrogens (tertiary/aromatic N) is 1. The highest BCUT2D eigenvalue weighted by atomic mass is 35.5. The van der Waals surface area contributed by atoms with Crippen LogP contribution in [0.1, 0.15) is 35.7 Å². The third-order valence-corrected chi connectivity index (χ3v) is 5.42. The fourth-order valence-electron chi connectivity index (χ4n) is 3.22. The highest BCUT2D eigenvalue weighted by Gasteiger charge is 2.16. The zero-order valence-corrected chi connectivity index (χ0v) is 18.3. The zero-order chi connectivity index (χ0) is 21.5. The van der Waals surface area contributed by atoms with Crippen molar-refractivity contribution in [3.8, 4) is 11.1 Å². The van der Waals surface area contributed by atoms with Crippen LogP contribution in [0.4, 0.5) is 0 Å². The van der Waals surface area contributed by atoms with Crippen LogP contribution in [0, 0.1) is 0 Å². The SMILES string of the molecule is CCCCn1cc(-c2ccc(Cl)cc2Cl)cc(C(=O)NCCc2ccccc2)c1=O. The smallest absolute Gasteiger partial charge is 0.263 e. The average molecular weight is 443 g/mol. The van der Waals surface area contributed by atoms with Crippen molar-refractivity contribution in [2.45, 2.75) is 32.7 Å². The summed E-state index contributed by atoms with van der Waals surface area (Å²) < 4.78 is 1.59. The fourth-order valence-corrected chi connectivity index (χ4v) is 3.74. The van der Waals surface area contributed by atoms with E-state index in [4.69, 9.17) is 23.2 Å². The van der Waals surface area contributed by atoms with E-state index in [2.05, 4.69) is 12.2 Å². The van der Waals surface area contributed by atoms with Crippen molar-refractivity contribution in [1.82, 2.24) is 9.88 Å². The van der Waals surface area contributed by atoms with E-state index >= 15 is 0 Å². The second kappa shape index (κ2) is 10.5. The van der Waals surface area contributed by atoms with Gasteiger partial charge in [-0.2, -0.15) is 0 Å². The maximum Gasteiger partial charge on any atom is 0.263 e. The lowest BCUT2D eigenvalue weighted by molar-refractivity contribution is 0.0952. The summed E-state index contributed by atoms with van der Waals surface area (Å²) in [4.78, 5) is 25.7. The van der Waals surface area contributed by atoms with Gasteiger partial charge in [-0.15, -0.1) is 0 Å². The molecule has 1 heterocycles. The summed E-state index contributed by atoms with van der Waals surface area (Å²) in [5.74, 6) is -0.381. The number of aromatic nitrogens is 1. The van der Waals surface area contributed by atoms with Gasteiger partial charge in [-0.1, -0.05) is 72.9 Å². The quantitative estimate of drug-likeness (QED) is 0.493. The summed E-state index contributed by atoms with van der Waals surface area (Å²) in [7, 11) is 0. The van der Waals surface area contributed by atoms with Crippen molar-refractivity contribution in [2.75, 3.05) is 6.54 Å². The number of hydrogen-bond donors (Lipinski definition) is 1. The van der Waals surface area contributed by atoms with Crippen LogP contribution < -0.4 is 10.9 Å². The Labute approximate surface area is 186 Å². The zero-order valence-electron chi connectivity index (χ0n) is 16.8. The topological polar surface area (TPSA) is 51.1 Å². The van der Waals surface area contributed by atoms with Crippen LogP contribution in [-0.2, 0) is 13.0 Å². The minimum absolute atomic E-state index is 0.114. The van der Waals surface area contributed by atoms with Crippen molar-refractivity contribution < 1.29 is 4.79 Å². The van der Waals surface area contributed by atoms with E-state index in [9.17, 15) is 9.59 Å². The van der Waals surface area contributed by atoms with Gasteiger partial charge in [-0.25, -0.2) is 0 Å². The summed E-state index contributed by atoms with van der Waals surface area (Å²) in [5.41, 5.74) is 2.38. The molecule has 0 unspecified atom stereocenters. The molecule has 0 saturated carbocycles. The summed E-state index contributed by atoms with van der Waals surface area (Å²) in [6, 6.07) is 16.7. The second-order valence-corrected chi connectivity index (χ2v) is 7.95. The van der Waals surface area contributed by atoms with Crippen molar-refractivity contribution >= 4 is 29.1 Å². The molecule has 0 bridgehead atoms. The molecule has 1 amide bonds. The lowest BCUT2D eigenvalue weighted by atomic mass is 10.0. The third kappa shape index (κ3) is 5.53. The summed E-state index contributed by atoms with van der Waals surface area (Å²) in [6.07, 6.45) is 4.23. The molecule has 156 valence electrons. The first-order valence-electron chi connectivity index (χ1n) is 10.0.